The fourth-order valence-corrected chi connectivity index (χ4v) is 3.76. The van der Waals surface area contributed by atoms with Gasteiger partial charge in [0.2, 0.25) is 0 Å². The summed E-state index contributed by atoms with van der Waals surface area (Å²) >= 11 is 0. The number of hydrogen-bond donors (Lipinski definition) is 1. The minimum absolute atomic E-state index is 0.307. The van der Waals surface area contributed by atoms with E-state index in [4.69, 9.17) is 4.74 Å². The minimum atomic E-state index is 0.307. The number of nitrogens with one attached hydrogen (secondary N) is 1. The van der Waals surface area contributed by atoms with Gasteiger partial charge in [-0.25, -0.2) is 0 Å². The molecule has 2 heteroatoms. The first-order valence-corrected chi connectivity index (χ1v) is 8.85. The zero-order chi connectivity index (χ0) is 14.6. The van der Waals surface area contributed by atoms with E-state index >= 15 is 0 Å². The Morgan fingerprint density at radius 1 is 1.15 bits per heavy atom. The van der Waals surface area contributed by atoms with E-state index in [2.05, 4.69) is 33.0 Å². The first kappa shape index (κ1) is 16.3. The summed E-state index contributed by atoms with van der Waals surface area (Å²) in [6, 6.07) is 0.656. The smallest absolute Gasteiger partial charge is 0.0656 e. The van der Waals surface area contributed by atoms with E-state index in [1.54, 1.807) is 0 Å². The lowest BCUT2D eigenvalue weighted by Gasteiger charge is -2.52. The molecule has 0 aromatic rings. The molecule has 0 amide bonds. The van der Waals surface area contributed by atoms with Crippen LogP contribution in [0.3, 0.4) is 0 Å². The molecule has 20 heavy (non-hydrogen) atoms. The van der Waals surface area contributed by atoms with Gasteiger partial charge in [-0.1, -0.05) is 59.8 Å². The van der Waals surface area contributed by atoms with Crippen molar-refractivity contribution in [3.63, 3.8) is 0 Å². The predicted molar refractivity (Wildman–Crippen MR) is 86.0 cm³/mol. The molecule has 2 nitrogen and oxygen atoms in total. The van der Waals surface area contributed by atoms with Crippen molar-refractivity contribution >= 4 is 0 Å². The fourth-order valence-electron chi connectivity index (χ4n) is 3.76. The van der Waals surface area contributed by atoms with Gasteiger partial charge in [0.15, 0.2) is 0 Å². The van der Waals surface area contributed by atoms with Gasteiger partial charge in [-0.05, 0) is 31.2 Å². The molecule has 0 bridgehead atoms. The van der Waals surface area contributed by atoms with Crippen LogP contribution in [0.2, 0.25) is 0 Å². The molecule has 2 aliphatic rings. The maximum absolute atomic E-state index is 6.04. The highest BCUT2D eigenvalue weighted by molar-refractivity contribution is 5.02. The first-order valence-electron chi connectivity index (χ1n) is 8.85. The van der Waals surface area contributed by atoms with E-state index in [1.165, 1.54) is 51.5 Å². The Balaban J connectivity index is 1.62. The van der Waals surface area contributed by atoms with E-state index in [-0.39, 0.29) is 0 Å². The first-order chi connectivity index (χ1) is 9.50. The number of rotatable bonds is 7. The number of ether oxygens (including phenoxy) is 1. The van der Waals surface area contributed by atoms with Gasteiger partial charge >= 0.3 is 0 Å². The summed E-state index contributed by atoms with van der Waals surface area (Å²) < 4.78 is 6.04. The van der Waals surface area contributed by atoms with Crippen LogP contribution in [0, 0.1) is 17.3 Å². The van der Waals surface area contributed by atoms with E-state index in [0.717, 1.165) is 12.5 Å². The van der Waals surface area contributed by atoms with Crippen molar-refractivity contribution in [2.45, 2.75) is 84.8 Å². The largest absolute Gasteiger partial charge is 0.377 e. The standard InChI is InChI=1S/C18H35NO/c1-14(2)13-20-17-12-16(18(17,3)4)19-11-10-15-8-6-5-7-9-15/h14-17,19H,5-13H2,1-4H3. The van der Waals surface area contributed by atoms with Gasteiger partial charge in [-0.3, -0.25) is 0 Å². The van der Waals surface area contributed by atoms with Gasteiger partial charge in [0.25, 0.3) is 0 Å². The van der Waals surface area contributed by atoms with E-state index in [9.17, 15) is 0 Å². The van der Waals surface area contributed by atoms with Crippen molar-refractivity contribution in [1.29, 1.82) is 0 Å². The molecule has 0 aromatic carbocycles. The topological polar surface area (TPSA) is 21.3 Å². The monoisotopic (exact) mass is 281 g/mol. The summed E-state index contributed by atoms with van der Waals surface area (Å²) in [6.45, 7) is 11.3. The van der Waals surface area contributed by atoms with Crippen LogP contribution < -0.4 is 5.32 Å². The molecule has 2 saturated carbocycles. The van der Waals surface area contributed by atoms with Crippen LogP contribution in [-0.4, -0.2) is 25.3 Å². The van der Waals surface area contributed by atoms with Gasteiger partial charge in [-0.15, -0.1) is 0 Å². The van der Waals surface area contributed by atoms with Gasteiger partial charge in [0.1, 0.15) is 0 Å². The van der Waals surface area contributed by atoms with Gasteiger partial charge < -0.3 is 10.1 Å². The van der Waals surface area contributed by atoms with E-state index < -0.39 is 0 Å². The third-order valence-corrected chi connectivity index (χ3v) is 5.48. The van der Waals surface area contributed by atoms with Gasteiger partial charge in [-0.2, -0.15) is 0 Å². The second-order valence-electron chi connectivity index (χ2n) is 8.07. The average Bonchev–Trinajstić information content (AvgIpc) is 2.42. The Bertz CT molecular complexity index is 281. The molecule has 2 aliphatic carbocycles. The maximum Gasteiger partial charge on any atom is 0.0656 e. The summed E-state index contributed by atoms with van der Waals surface area (Å²) in [4.78, 5) is 0. The zero-order valence-electron chi connectivity index (χ0n) is 14.1. The van der Waals surface area contributed by atoms with Crippen molar-refractivity contribution in [2.24, 2.45) is 17.3 Å². The summed E-state index contributed by atoms with van der Waals surface area (Å²) in [5, 5.41) is 3.79. The van der Waals surface area contributed by atoms with Gasteiger partial charge in [0.05, 0.1) is 6.10 Å². The Morgan fingerprint density at radius 2 is 1.85 bits per heavy atom. The van der Waals surface area contributed by atoms with Crippen LogP contribution in [0.15, 0.2) is 0 Å². The Hall–Kier alpha value is -0.0800. The third kappa shape index (κ3) is 4.21. The quantitative estimate of drug-likeness (QED) is 0.747. The highest BCUT2D eigenvalue weighted by atomic mass is 16.5. The molecule has 0 aromatic heterocycles. The average molecular weight is 281 g/mol. The second kappa shape index (κ2) is 7.26. The molecule has 1 N–H and O–H groups in total. The zero-order valence-corrected chi connectivity index (χ0v) is 14.1. The van der Waals surface area contributed by atoms with Crippen LogP contribution in [-0.2, 0) is 4.74 Å². The predicted octanol–water partition coefficient (Wildman–Crippen LogP) is 4.39. The Kier molecular flexibility index (Phi) is 5.92. The molecule has 2 rings (SSSR count). The number of hydrogen-bond acceptors (Lipinski definition) is 2. The molecule has 0 radical (unpaired) electrons. The highest BCUT2D eigenvalue weighted by Gasteiger charge is 2.48. The van der Waals surface area contributed by atoms with Crippen molar-refractivity contribution in [2.75, 3.05) is 13.2 Å². The highest BCUT2D eigenvalue weighted by Crippen LogP contribution is 2.43. The molecule has 0 aliphatic heterocycles. The molecular formula is C18H35NO. The van der Waals surface area contributed by atoms with Crippen LogP contribution in [0.1, 0.15) is 72.6 Å². The maximum atomic E-state index is 6.04. The van der Waals surface area contributed by atoms with Crippen LogP contribution >= 0.6 is 0 Å². The molecule has 0 heterocycles. The van der Waals surface area contributed by atoms with Crippen molar-refractivity contribution < 1.29 is 4.74 Å². The van der Waals surface area contributed by atoms with E-state index in [1.807, 2.05) is 0 Å². The van der Waals surface area contributed by atoms with Crippen LogP contribution in [0.4, 0.5) is 0 Å². The van der Waals surface area contributed by atoms with Crippen molar-refractivity contribution in [1.82, 2.24) is 5.32 Å². The molecule has 2 atom stereocenters. The van der Waals surface area contributed by atoms with Crippen LogP contribution in [0.5, 0.6) is 0 Å². The van der Waals surface area contributed by atoms with Crippen LogP contribution in [0.25, 0.3) is 0 Å². The molecule has 0 saturated heterocycles. The normalized spacial score (nSPS) is 30.4. The summed E-state index contributed by atoms with van der Waals surface area (Å²) in [5.74, 6) is 1.64. The third-order valence-electron chi connectivity index (χ3n) is 5.48. The second-order valence-corrected chi connectivity index (χ2v) is 8.07. The minimum Gasteiger partial charge on any atom is -0.377 e. The lowest BCUT2D eigenvalue weighted by atomic mass is 9.64. The summed E-state index contributed by atoms with van der Waals surface area (Å²) in [6.07, 6.45) is 10.4. The van der Waals surface area contributed by atoms with E-state index in [0.29, 0.717) is 23.5 Å². The SMILES string of the molecule is CC(C)COC1CC(NCCC2CCCCC2)C1(C)C. The molecule has 2 unspecified atom stereocenters. The molecule has 118 valence electrons. The van der Waals surface area contributed by atoms with Crippen molar-refractivity contribution in [3.05, 3.63) is 0 Å². The summed E-state index contributed by atoms with van der Waals surface area (Å²) in [5.41, 5.74) is 0.307. The Morgan fingerprint density at radius 3 is 2.45 bits per heavy atom. The molecular weight excluding hydrogens is 246 g/mol. The lowest BCUT2D eigenvalue weighted by Crippen LogP contribution is -2.61. The lowest BCUT2D eigenvalue weighted by molar-refractivity contribution is -0.123. The molecule has 2 fully saturated rings. The van der Waals surface area contributed by atoms with Crippen molar-refractivity contribution in [3.8, 4) is 0 Å². The Labute approximate surface area is 126 Å². The van der Waals surface area contributed by atoms with Gasteiger partial charge in [0, 0.05) is 18.1 Å². The fraction of sp³-hybridized carbons (Fsp3) is 1.00. The summed E-state index contributed by atoms with van der Waals surface area (Å²) in [7, 11) is 0. The molecule has 0 spiro atoms.